The number of nitrogens with one attached hydrogen (secondary N) is 1. The molecule has 0 saturated carbocycles. The smallest absolute Gasteiger partial charge is 0.268 e. The summed E-state index contributed by atoms with van der Waals surface area (Å²) >= 11 is 0. The van der Waals surface area contributed by atoms with Gasteiger partial charge in [0.05, 0.1) is 15.8 Å². The van der Waals surface area contributed by atoms with E-state index in [4.69, 9.17) is 0 Å². The van der Waals surface area contributed by atoms with E-state index in [1.165, 1.54) is 10.2 Å². The van der Waals surface area contributed by atoms with Gasteiger partial charge < -0.3 is 0 Å². The fourth-order valence-electron chi connectivity index (χ4n) is 4.01. The number of amides is 2. The van der Waals surface area contributed by atoms with Crippen LogP contribution >= 0.6 is 0 Å². The van der Waals surface area contributed by atoms with Gasteiger partial charge in [-0.25, -0.2) is 12.4 Å². The summed E-state index contributed by atoms with van der Waals surface area (Å²) in [6.07, 6.45) is 2.83. The molecule has 1 unspecified atom stereocenters. The summed E-state index contributed by atoms with van der Waals surface area (Å²) in [5.41, 5.74) is 1.55. The summed E-state index contributed by atoms with van der Waals surface area (Å²) in [4.78, 5) is 24.4. The standard InChI is InChI=1S/C22H22N2O4S/c1-3-22(12-10-20(25)23-21(22)26)17-6-9-19-16(14-17)11-13-24(19)29(27,28)18-7-4-15(2)5-8-18/h4-9,11,13-14H,3,10,12H2,1-2H3,(H,23,25,26). The minimum atomic E-state index is -3.72. The number of fused-ring (bicyclic) bond motifs is 1. The topological polar surface area (TPSA) is 85.2 Å². The first-order chi connectivity index (χ1) is 13.8. The fraction of sp³-hybridized carbons (Fsp3) is 0.273. The molecule has 1 fully saturated rings. The first-order valence-corrected chi connectivity index (χ1v) is 11.0. The average molecular weight is 410 g/mol. The van der Waals surface area contributed by atoms with E-state index in [0.29, 0.717) is 24.8 Å². The van der Waals surface area contributed by atoms with Crippen LogP contribution in [-0.4, -0.2) is 24.2 Å². The Morgan fingerprint density at radius 1 is 1.07 bits per heavy atom. The molecule has 0 spiro atoms. The molecule has 1 aliphatic heterocycles. The first-order valence-electron chi connectivity index (χ1n) is 9.56. The van der Waals surface area contributed by atoms with Gasteiger partial charge in [-0.1, -0.05) is 30.7 Å². The molecule has 2 amide bonds. The number of aryl methyl sites for hydroxylation is 1. The Kier molecular flexibility index (Phi) is 4.58. The van der Waals surface area contributed by atoms with Gasteiger partial charge in [0.2, 0.25) is 11.8 Å². The number of carbonyl (C=O) groups is 2. The van der Waals surface area contributed by atoms with Crippen LogP contribution in [0.1, 0.15) is 37.3 Å². The predicted octanol–water partition coefficient (Wildman–Crippen LogP) is 3.27. The Bertz CT molecular complexity index is 1230. The van der Waals surface area contributed by atoms with E-state index in [0.717, 1.165) is 16.5 Å². The van der Waals surface area contributed by atoms with Gasteiger partial charge in [-0.05, 0) is 55.7 Å². The second-order valence-corrected chi connectivity index (χ2v) is 9.33. The van der Waals surface area contributed by atoms with Crippen LogP contribution in [0.4, 0.5) is 0 Å². The molecule has 4 rings (SSSR count). The second kappa shape index (κ2) is 6.84. The highest BCUT2D eigenvalue weighted by Gasteiger charge is 2.42. The number of benzene rings is 2. The quantitative estimate of drug-likeness (QED) is 0.669. The van der Waals surface area contributed by atoms with Gasteiger partial charge in [-0.2, -0.15) is 0 Å². The highest BCUT2D eigenvalue weighted by molar-refractivity contribution is 7.90. The van der Waals surface area contributed by atoms with Gasteiger partial charge in [0.15, 0.2) is 0 Å². The van der Waals surface area contributed by atoms with Crippen LogP contribution in [0.5, 0.6) is 0 Å². The van der Waals surface area contributed by atoms with Crippen LogP contribution in [0.2, 0.25) is 0 Å². The number of piperidine rings is 1. The molecule has 2 aromatic carbocycles. The molecule has 6 nitrogen and oxygen atoms in total. The lowest BCUT2D eigenvalue weighted by atomic mass is 9.71. The first kappa shape index (κ1) is 19.4. The van der Waals surface area contributed by atoms with E-state index < -0.39 is 15.4 Å². The molecule has 1 aliphatic rings. The molecular weight excluding hydrogens is 388 g/mol. The lowest BCUT2D eigenvalue weighted by Crippen LogP contribution is -2.51. The Labute approximate surface area is 169 Å². The zero-order valence-electron chi connectivity index (χ0n) is 16.3. The number of imide groups is 1. The van der Waals surface area contributed by atoms with E-state index in [1.54, 1.807) is 42.5 Å². The van der Waals surface area contributed by atoms with E-state index in [2.05, 4.69) is 5.32 Å². The highest BCUT2D eigenvalue weighted by Crippen LogP contribution is 2.37. The molecule has 1 atom stereocenters. The maximum atomic E-state index is 13.1. The normalized spacial score (nSPS) is 20.1. The number of nitrogens with zero attached hydrogens (tertiary/aromatic N) is 1. The molecule has 1 saturated heterocycles. The lowest BCUT2D eigenvalue weighted by molar-refractivity contribution is -0.138. The molecule has 0 aliphatic carbocycles. The van der Waals surface area contributed by atoms with Crippen LogP contribution in [0.25, 0.3) is 10.9 Å². The van der Waals surface area contributed by atoms with Crippen LogP contribution in [-0.2, 0) is 25.0 Å². The summed E-state index contributed by atoms with van der Waals surface area (Å²) in [6.45, 7) is 3.83. The third-order valence-electron chi connectivity index (χ3n) is 5.85. The SMILES string of the molecule is CCC1(c2ccc3c(ccn3S(=O)(=O)c3ccc(C)cc3)c2)CCC(=O)NC1=O. The summed E-state index contributed by atoms with van der Waals surface area (Å²) in [7, 11) is -3.72. The molecule has 1 N–H and O–H groups in total. The van der Waals surface area contributed by atoms with Crippen molar-refractivity contribution in [1.82, 2.24) is 9.29 Å². The number of aromatic nitrogens is 1. The van der Waals surface area contributed by atoms with Crippen LogP contribution in [0.15, 0.2) is 59.6 Å². The van der Waals surface area contributed by atoms with Crippen molar-refractivity contribution in [3.63, 3.8) is 0 Å². The molecule has 29 heavy (non-hydrogen) atoms. The monoisotopic (exact) mass is 410 g/mol. The molecule has 1 aromatic heterocycles. The van der Waals surface area contributed by atoms with Crippen molar-refractivity contribution in [3.8, 4) is 0 Å². The van der Waals surface area contributed by atoms with Crippen molar-refractivity contribution in [2.45, 2.75) is 43.4 Å². The van der Waals surface area contributed by atoms with Crippen molar-refractivity contribution in [2.75, 3.05) is 0 Å². The Morgan fingerprint density at radius 3 is 2.45 bits per heavy atom. The van der Waals surface area contributed by atoms with Crippen molar-refractivity contribution >= 4 is 32.7 Å². The zero-order chi connectivity index (χ0) is 20.8. The molecule has 3 aromatic rings. The van der Waals surface area contributed by atoms with Crippen molar-refractivity contribution in [1.29, 1.82) is 0 Å². The van der Waals surface area contributed by atoms with E-state index in [9.17, 15) is 18.0 Å². The lowest BCUT2D eigenvalue weighted by Gasteiger charge is -2.35. The van der Waals surface area contributed by atoms with Gasteiger partial charge in [0.1, 0.15) is 0 Å². The van der Waals surface area contributed by atoms with Gasteiger partial charge in [-0.15, -0.1) is 0 Å². The van der Waals surface area contributed by atoms with E-state index >= 15 is 0 Å². The number of rotatable bonds is 4. The Balaban J connectivity index is 1.79. The summed E-state index contributed by atoms with van der Waals surface area (Å²) in [5.74, 6) is -0.544. The Morgan fingerprint density at radius 2 is 1.79 bits per heavy atom. The van der Waals surface area contributed by atoms with Crippen LogP contribution in [0.3, 0.4) is 0 Å². The summed E-state index contributed by atoms with van der Waals surface area (Å²) in [5, 5.41) is 3.18. The highest BCUT2D eigenvalue weighted by atomic mass is 32.2. The Hall–Kier alpha value is -2.93. The maximum absolute atomic E-state index is 13.1. The van der Waals surface area contributed by atoms with Gasteiger partial charge in [0, 0.05) is 18.0 Å². The molecule has 0 bridgehead atoms. The van der Waals surface area contributed by atoms with Crippen molar-refractivity contribution in [3.05, 3.63) is 65.9 Å². The zero-order valence-corrected chi connectivity index (χ0v) is 17.1. The van der Waals surface area contributed by atoms with Crippen LogP contribution < -0.4 is 5.32 Å². The molecule has 7 heteroatoms. The minimum Gasteiger partial charge on any atom is -0.296 e. The number of hydrogen-bond acceptors (Lipinski definition) is 4. The predicted molar refractivity (Wildman–Crippen MR) is 110 cm³/mol. The van der Waals surface area contributed by atoms with Gasteiger partial charge >= 0.3 is 0 Å². The average Bonchev–Trinajstić information content (AvgIpc) is 3.13. The van der Waals surface area contributed by atoms with Gasteiger partial charge in [-0.3, -0.25) is 14.9 Å². The fourth-order valence-corrected chi connectivity index (χ4v) is 5.37. The molecule has 2 heterocycles. The number of carbonyl (C=O) groups excluding carboxylic acids is 2. The van der Waals surface area contributed by atoms with Gasteiger partial charge in [0.25, 0.3) is 10.0 Å². The number of hydrogen-bond donors (Lipinski definition) is 1. The summed E-state index contributed by atoms with van der Waals surface area (Å²) in [6, 6.07) is 13.9. The maximum Gasteiger partial charge on any atom is 0.268 e. The third-order valence-corrected chi connectivity index (χ3v) is 7.56. The summed E-state index contributed by atoms with van der Waals surface area (Å²) < 4.78 is 27.4. The molecule has 0 radical (unpaired) electrons. The largest absolute Gasteiger partial charge is 0.296 e. The van der Waals surface area contributed by atoms with Crippen molar-refractivity contribution < 1.29 is 18.0 Å². The molecular formula is C22H22N2O4S. The second-order valence-electron chi connectivity index (χ2n) is 7.52. The minimum absolute atomic E-state index is 0.222. The van der Waals surface area contributed by atoms with Crippen LogP contribution in [0, 0.1) is 6.92 Å². The van der Waals surface area contributed by atoms with Crippen molar-refractivity contribution in [2.24, 2.45) is 0 Å². The van der Waals surface area contributed by atoms with E-state index in [-0.39, 0.29) is 16.7 Å². The van der Waals surface area contributed by atoms with E-state index in [1.807, 2.05) is 19.9 Å². The molecule has 150 valence electrons. The third kappa shape index (κ3) is 3.06.